The van der Waals surface area contributed by atoms with Crippen LogP contribution in [0.1, 0.15) is 33.3 Å². The molecule has 0 bridgehead atoms. The molecule has 0 saturated heterocycles. The molecule has 2 heterocycles. The zero-order chi connectivity index (χ0) is 30.8. The molecule has 1 aromatic heterocycles. The number of amidine groups is 1. The van der Waals surface area contributed by atoms with Gasteiger partial charge >= 0.3 is 0 Å². The number of hydrogen-bond donors (Lipinski definition) is 0. The minimum Gasteiger partial charge on any atom is -0.317 e. The maximum atomic E-state index is 5.29. The number of anilines is 1. The second kappa shape index (κ2) is 10.1. The highest BCUT2D eigenvalue weighted by Crippen LogP contribution is 2.46. The Hall–Kier alpha value is -5.28. The van der Waals surface area contributed by atoms with Crippen molar-refractivity contribution in [2.24, 2.45) is 4.99 Å². The average Bonchev–Trinajstić information content (AvgIpc) is 3.26. The quantitative estimate of drug-likeness (QED) is 0.193. The van der Waals surface area contributed by atoms with Crippen LogP contribution in [0.2, 0.25) is 0 Å². The molecule has 0 fully saturated rings. The van der Waals surface area contributed by atoms with Crippen molar-refractivity contribution in [3.05, 3.63) is 145 Å². The van der Waals surface area contributed by atoms with Gasteiger partial charge in [-0.05, 0) is 88.8 Å². The first-order valence-corrected chi connectivity index (χ1v) is 15.7. The van der Waals surface area contributed by atoms with Crippen LogP contribution in [0.3, 0.4) is 0 Å². The smallest absolute Gasteiger partial charge is 0.136 e. The second-order valence-electron chi connectivity index (χ2n) is 13.1. The molecular formula is C42H35N3. The number of pyridine rings is 1. The minimum absolute atomic E-state index is 0.275. The summed E-state index contributed by atoms with van der Waals surface area (Å²) >= 11 is 0. The van der Waals surface area contributed by atoms with Crippen LogP contribution in [0.15, 0.2) is 145 Å². The van der Waals surface area contributed by atoms with Crippen LogP contribution in [-0.2, 0) is 0 Å². The Labute approximate surface area is 264 Å². The van der Waals surface area contributed by atoms with E-state index >= 15 is 0 Å². The van der Waals surface area contributed by atoms with Crippen molar-refractivity contribution in [3.63, 3.8) is 0 Å². The summed E-state index contributed by atoms with van der Waals surface area (Å²) < 4.78 is 0. The molecule has 0 unspecified atom stereocenters. The molecule has 0 radical (unpaired) electrons. The lowest BCUT2D eigenvalue weighted by Gasteiger charge is -2.41. The lowest BCUT2D eigenvalue weighted by atomic mass is 9.82. The molecule has 1 aliphatic heterocycles. The lowest BCUT2D eigenvalue weighted by Crippen LogP contribution is -2.53. The van der Waals surface area contributed by atoms with Gasteiger partial charge in [0, 0.05) is 17.3 Å². The molecule has 0 amide bonds. The molecule has 6 aromatic carbocycles. The molecule has 7 aromatic rings. The van der Waals surface area contributed by atoms with E-state index in [1.807, 2.05) is 12.4 Å². The molecule has 45 heavy (non-hydrogen) atoms. The number of aromatic nitrogens is 1. The molecule has 8 rings (SSSR count). The SMILES string of the molecule is CC1(C)N=C(c2ccccc2)N(c2cncc(-c3c4ccccc4c(-c4ccc5ccccc5c4)c4ccccc34)c2)C1(C)C. The molecule has 0 saturated carbocycles. The lowest BCUT2D eigenvalue weighted by molar-refractivity contribution is 0.338. The summed E-state index contributed by atoms with van der Waals surface area (Å²) in [5.74, 6) is 0.978. The van der Waals surface area contributed by atoms with Crippen LogP contribution in [0.25, 0.3) is 54.6 Å². The Balaban J connectivity index is 1.37. The summed E-state index contributed by atoms with van der Waals surface area (Å²) in [5.41, 5.74) is 6.37. The molecule has 1 aliphatic rings. The summed E-state index contributed by atoms with van der Waals surface area (Å²) in [6.07, 6.45) is 4.00. The van der Waals surface area contributed by atoms with Gasteiger partial charge in [0.05, 0.1) is 23.0 Å². The predicted molar refractivity (Wildman–Crippen MR) is 191 cm³/mol. The number of aliphatic imine (C=N–C) groups is 1. The number of rotatable bonds is 4. The van der Waals surface area contributed by atoms with Gasteiger partial charge in [-0.2, -0.15) is 0 Å². The highest BCUT2D eigenvalue weighted by Gasteiger charge is 2.49. The molecule has 218 valence electrons. The maximum Gasteiger partial charge on any atom is 0.136 e. The van der Waals surface area contributed by atoms with Crippen molar-refractivity contribution in [2.75, 3.05) is 4.90 Å². The number of benzene rings is 6. The monoisotopic (exact) mass is 581 g/mol. The molecule has 3 heteroatoms. The van der Waals surface area contributed by atoms with Crippen LogP contribution in [0.5, 0.6) is 0 Å². The molecule has 0 spiro atoms. The molecule has 0 N–H and O–H groups in total. The van der Waals surface area contributed by atoms with Gasteiger partial charge in [-0.1, -0.05) is 115 Å². The Kier molecular flexibility index (Phi) is 6.15. The van der Waals surface area contributed by atoms with Crippen molar-refractivity contribution < 1.29 is 0 Å². The average molecular weight is 582 g/mol. The fourth-order valence-electron chi connectivity index (χ4n) is 7.00. The van der Waals surface area contributed by atoms with Gasteiger partial charge in [-0.15, -0.1) is 0 Å². The molecule has 0 atom stereocenters. The fourth-order valence-corrected chi connectivity index (χ4v) is 7.00. The third-order valence-corrected chi connectivity index (χ3v) is 9.93. The van der Waals surface area contributed by atoms with Crippen molar-refractivity contribution in [1.82, 2.24) is 4.98 Å². The molecule has 0 aliphatic carbocycles. The van der Waals surface area contributed by atoms with Crippen molar-refractivity contribution in [1.29, 1.82) is 0 Å². The van der Waals surface area contributed by atoms with Gasteiger partial charge in [-0.3, -0.25) is 9.98 Å². The van der Waals surface area contributed by atoms with Gasteiger partial charge in [0.1, 0.15) is 5.84 Å². The predicted octanol–water partition coefficient (Wildman–Crippen LogP) is 10.7. The first-order valence-electron chi connectivity index (χ1n) is 15.7. The van der Waals surface area contributed by atoms with Crippen LogP contribution in [0, 0.1) is 0 Å². The Bertz CT molecular complexity index is 2220. The summed E-state index contributed by atoms with van der Waals surface area (Å²) in [6, 6.07) is 45.9. The van der Waals surface area contributed by atoms with E-state index in [0.717, 1.165) is 22.6 Å². The van der Waals surface area contributed by atoms with Crippen LogP contribution < -0.4 is 4.90 Å². The third kappa shape index (κ3) is 4.26. The minimum atomic E-state index is -0.297. The fraction of sp³-hybridized carbons (Fsp3) is 0.143. The summed E-state index contributed by atoms with van der Waals surface area (Å²) in [5, 5.41) is 7.41. The number of hydrogen-bond acceptors (Lipinski definition) is 3. The van der Waals surface area contributed by atoms with Crippen LogP contribution in [0.4, 0.5) is 5.69 Å². The van der Waals surface area contributed by atoms with E-state index in [-0.39, 0.29) is 11.1 Å². The van der Waals surface area contributed by atoms with E-state index in [9.17, 15) is 0 Å². The largest absolute Gasteiger partial charge is 0.317 e. The Morgan fingerprint density at radius 1 is 0.489 bits per heavy atom. The van der Waals surface area contributed by atoms with Gasteiger partial charge < -0.3 is 4.90 Å². The van der Waals surface area contributed by atoms with Gasteiger partial charge in [0.25, 0.3) is 0 Å². The van der Waals surface area contributed by atoms with Crippen molar-refractivity contribution in [3.8, 4) is 22.3 Å². The van der Waals surface area contributed by atoms with E-state index < -0.39 is 0 Å². The second-order valence-corrected chi connectivity index (χ2v) is 13.1. The summed E-state index contributed by atoms with van der Waals surface area (Å²) in [4.78, 5) is 12.5. The highest BCUT2D eigenvalue weighted by atomic mass is 15.3. The van der Waals surface area contributed by atoms with Crippen molar-refractivity contribution in [2.45, 2.75) is 38.8 Å². The van der Waals surface area contributed by atoms with Gasteiger partial charge in [0.15, 0.2) is 0 Å². The van der Waals surface area contributed by atoms with E-state index in [1.165, 1.54) is 49.0 Å². The van der Waals surface area contributed by atoms with Crippen molar-refractivity contribution >= 4 is 43.8 Å². The molecule has 3 nitrogen and oxygen atoms in total. The Morgan fingerprint density at radius 3 is 1.69 bits per heavy atom. The van der Waals surface area contributed by atoms with E-state index in [0.29, 0.717) is 0 Å². The number of fused-ring (bicyclic) bond motifs is 3. The van der Waals surface area contributed by atoms with Crippen LogP contribution >= 0.6 is 0 Å². The Morgan fingerprint density at radius 2 is 1.04 bits per heavy atom. The molecular weight excluding hydrogens is 546 g/mol. The first kappa shape index (κ1) is 27.3. The van der Waals surface area contributed by atoms with E-state index in [1.54, 1.807) is 0 Å². The van der Waals surface area contributed by atoms with Gasteiger partial charge in [-0.25, -0.2) is 0 Å². The zero-order valence-corrected chi connectivity index (χ0v) is 26.1. The summed E-state index contributed by atoms with van der Waals surface area (Å²) in [7, 11) is 0. The van der Waals surface area contributed by atoms with Gasteiger partial charge in [0.2, 0.25) is 0 Å². The standard InChI is InChI=1S/C42H35N3/c1-41(2)42(3,4)45(40(44-41)29-15-6-5-7-16-29)33-25-32(26-43-27-33)39-36-20-12-10-18-34(36)38(35-19-11-13-21-37(35)39)31-23-22-28-14-8-9-17-30(28)24-31/h5-27H,1-4H3. The van der Waals surface area contributed by atoms with E-state index in [2.05, 4.69) is 160 Å². The topological polar surface area (TPSA) is 28.5 Å². The third-order valence-electron chi connectivity index (χ3n) is 9.93. The maximum absolute atomic E-state index is 5.29. The highest BCUT2D eigenvalue weighted by molar-refractivity contribution is 6.22. The van der Waals surface area contributed by atoms with E-state index in [4.69, 9.17) is 9.98 Å². The van der Waals surface area contributed by atoms with Crippen LogP contribution in [-0.4, -0.2) is 21.9 Å². The normalized spacial score (nSPS) is 15.6. The summed E-state index contributed by atoms with van der Waals surface area (Å²) in [6.45, 7) is 9.00. The zero-order valence-electron chi connectivity index (χ0n) is 26.1. The number of nitrogens with zero attached hydrogens (tertiary/aromatic N) is 3. The first-order chi connectivity index (χ1) is 21.8.